The molecule has 0 bridgehead atoms. The summed E-state index contributed by atoms with van der Waals surface area (Å²) in [6.07, 6.45) is 9.87. The first-order chi connectivity index (χ1) is 20.5. The third-order valence-electron chi connectivity index (χ3n) is 7.39. The van der Waals surface area contributed by atoms with Crippen molar-refractivity contribution < 1.29 is 23.9 Å². The van der Waals surface area contributed by atoms with Crippen molar-refractivity contribution in [1.82, 2.24) is 18.6 Å². The Labute approximate surface area is 248 Å². The maximum absolute atomic E-state index is 13.3. The van der Waals surface area contributed by atoms with Crippen molar-refractivity contribution in [3.05, 3.63) is 55.4 Å². The van der Waals surface area contributed by atoms with Crippen molar-refractivity contribution >= 4 is 41.0 Å². The van der Waals surface area contributed by atoms with Gasteiger partial charge in [-0.25, -0.2) is 14.4 Å². The van der Waals surface area contributed by atoms with Gasteiger partial charge in [0.05, 0.1) is 54.4 Å². The van der Waals surface area contributed by atoms with Gasteiger partial charge < -0.3 is 25.0 Å². The van der Waals surface area contributed by atoms with Crippen LogP contribution in [0.2, 0.25) is 0 Å². The normalized spacial score (nSPS) is 17.4. The summed E-state index contributed by atoms with van der Waals surface area (Å²) in [5.74, 6) is -0.202. The molecule has 3 aromatic heterocycles. The molecular weight excluding hydrogens is 556 g/mol. The molecule has 15 heteroatoms. The van der Waals surface area contributed by atoms with Crippen molar-refractivity contribution in [3.8, 4) is 6.07 Å². The molecule has 3 aromatic rings. The molecule has 0 spiro atoms. The largest absolute Gasteiger partial charge is 0.388 e. The van der Waals surface area contributed by atoms with E-state index in [1.807, 2.05) is 12.1 Å². The van der Waals surface area contributed by atoms with Crippen LogP contribution in [0.3, 0.4) is 0 Å². The van der Waals surface area contributed by atoms with E-state index in [0.717, 1.165) is 32.0 Å². The summed E-state index contributed by atoms with van der Waals surface area (Å²) in [6.45, 7) is 2.95. The Hall–Kier alpha value is -5.07. The van der Waals surface area contributed by atoms with E-state index in [0.29, 0.717) is 11.4 Å². The highest BCUT2D eigenvalue weighted by molar-refractivity contribution is 5.96. The quantitative estimate of drug-likeness (QED) is 0.205. The molecule has 3 amide bonds. The molecule has 43 heavy (non-hydrogen) atoms. The number of epoxide rings is 2. The first kappa shape index (κ1) is 29.4. The molecular formula is C28H34N10O5. The summed E-state index contributed by atoms with van der Waals surface area (Å²) >= 11 is 0. The Bertz CT molecular complexity index is 1550. The number of carbonyl (C=O) groups is 3. The Morgan fingerprint density at radius 1 is 0.884 bits per heavy atom. The minimum Gasteiger partial charge on any atom is -0.388 e. The van der Waals surface area contributed by atoms with Crippen molar-refractivity contribution in [2.24, 2.45) is 5.73 Å². The van der Waals surface area contributed by atoms with Crippen LogP contribution in [0.1, 0.15) is 6.42 Å². The van der Waals surface area contributed by atoms with E-state index < -0.39 is 18.1 Å². The molecule has 5 rings (SSSR count). The van der Waals surface area contributed by atoms with E-state index in [2.05, 4.69) is 4.90 Å². The summed E-state index contributed by atoms with van der Waals surface area (Å²) in [5, 5.41) is 16.8. The number of rotatable bonds is 10. The standard InChI is InChI=1S/C28H34N10O5/c1-32(20-5-8-36(13-20)28(41)34(3)22(11-29)10-25(30)31)26(39)35-7-4-19(12-35)33(2)27(40)37-9-6-21(14-37)38(15-23-17-42-23)16-24-18-43-24/h4-9,12-14,22-24H,10,15-18H2,1-3H3,(H3,30,31). The molecule has 3 atom stereocenters. The SMILES string of the molecule is CN(C(=O)n1ccc(N(CC2CO2)CC2CO2)c1)c1ccn(C(=O)N(C)c2ccn(C(=O)N(C)C(C#N)CC(=N)N)c2)c1. The lowest BCUT2D eigenvalue weighted by atomic mass is 10.2. The van der Waals surface area contributed by atoms with Gasteiger partial charge in [0.25, 0.3) is 0 Å². The van der Waals surface area contributed by atoms with Gasteiger partial charge in [-0.2, -0.15) is 5.26 Å². The fourth-order valence-electron chi connectivity index (χ4n) is 4.58. The number of hydrogen-bond acceptors (Lipinski definition) is 8. The first-order valence-corrected chi connectivity index (χ1v) is 13.6. The van der Waals surface area contributed by atoms with Crippen LogP contribution in [-0.4, -0.2) is 108 Å². The number of nitrogens with zero attached hydrogens (tertiary/aromatic N) is 8. The zero-order chi connectivity index (χ0) is 30.8. The van der Waals surface area contributed by atoms with Crippen molar-refractivity contribution in [2.75, 3.05) is 62.1 Å². The van der Waals surface area contributed by atoms with Gasteiger partial charge in [0.1, 0.15) is 6.04 Å². The van der Waals surface area contributed by atoms with E-state index in [1.54, 1.807) is 51.0 Å². The molecule has 3 unspecified atom stereocenters. The monoisotopic (exact) mass is 590 g/mol. The summed E-state index contributed by atoms with van der Waals surface area (Å²) < 4.78 is 14.9. The van der Waals surface area contributed by atoms with Gasteiger partial charge in [0.2, 0.25) is 0 Å². The predicted molar refractivity (Wildman–Crippen MR) is 158 cm³/mol. The third kappa shape index (κ3) is 6.71. The maximum Gasteiger partial charge on any atom is 0.332 e. The number of ether oxygens (including phenoxy) is 2. The third-order valence-corrected chi connectivity index (χ3v) is 7.39. The number of nitrogens with two attached hydrogens (primary N) is 1. The van der Waals surface area contributed by atoms with Gasteiger partial charge in [0.15, 0.2) is 0 Å². The molecule has 2 aliphatic heterocycles. The van der Waals surface area contributed by atoms with Crippen LogP contribution in [-0.2, 0) is 9.47 Å². The molecule has 15 nitrogen and oxygen atoms in total. The molecule has 2 aliphatic rings. The zero-order valence-corrected chi connectivity index (χ0v) is 24.2. The number of carbonyl (C=O) groups excluding carboxylic acids is 3. The second-order valence-electron chi connectivity index (χ2n) is 10.6. The van der Waals surface area contributed by atoms with E-state index in [1.165, 1.54) is 47.8 Å². The van der Waals surface area contributed by atoms with E-state index >= 15 is 0 Å². The summed E-state index contributed by atoms with van der Waals surface area (Å²) in [7, 11) is 4.64. The lowest BCUT2D eigenvalue weighted by Gasteiger charge is -2.22. The first-order valence-electron chi connectivity index (χ1n) is 13.6. The number of nitrogens with one attached hydrogen (secondary N) is 1. The molecule has 0 aromatic carbocycles. The molecule has 2 saturated heterocycles. The summed E-state index contributed by atoms with van der Waals surface area (Å²) in [5.41, 5.74) is 7.25. The molecule has 0 radical (unpaired) electrons. The van der Waals surface area contributed by atoms with Crippen molar-refractivity contribution in [1.29, 1.82) is 10.7 Å². The number of anilines is 3. The number of aromatic nitrogens is 3. The van der Waals surface area contributed by atoms with Crippen LogP contribution in [0.4, 0.5) is 31.4 Å². The van der Waals surface area contributed by atoms with E-state index in [9.17, 15) is 19.6 Å². The molecule has 3 N–H and O–H groups in total. The average molecular weight is 591 g/mol. The smallest absolute Gasteiger partial charge is 0.332 e. The molecule has 0 aliphatic carbocycles. The van der Waals surface area contributed by atoms with Crippen LogP contribution in [0.5, 0.6) is 0 Å². The fraction of sp³-hybridized carbons (Fsp3) is 0.393. The van der Waals surface area contributed by atoms with Crippen LogP contribution in [0, 0.1) is 16.7 Å². The number of hydrogen-bond donors (Lipinski definition) is 2. The lowest BCUT2D eigenvalue weighted by molar-refractivity contribution is 0.203. The van der Waals surface area contributed by atoms with Gasteiger partial charge >= 0.3 is 18.1 Å². The number of amides is 3. The molecule has 0 saturated carbocycles. The molecule has 226 valence electrons. The highest BCUT2D eigenvalue weighted by Crippen LogP contribution is 2.24. The van der Waals surface area contributed by atoms with Crippen molar-refractivity contribution in [2.45, 2.75) is 24.7 Å². The van der Waals surface area contributed by atoms with Gasteiger partial charge in [-0.15, -0.1) is 0 Å². The molecule has 5 heterocycles. The second-order valence-corrected chi connectivity index (χ2v) is 10.6. The second kappa shape index (κ2) is 12.0. The Morgan fingerprint density at radius 2 is 1.30 bits per heavy atom. The lowest BCUT2D eigenvalue weighted by Crippen LogP contribution is -2.40. The predicted octanol–water partition coefficient (Wildman–Crippen LogP) is 2.02. The van der Waals surface area contributed by atoms with Crippen LogP contribution < -0.4 is 20.4 Å². The van der Waals surface area contributed by atoms with Crippen LogP contribution in [0.25, 0.3) is 0 Å². The summed E-state index contributed by atoms with van der Waals surface area (Å²) in [4.78, 5) is 45.5. The Kier molecular flexibility index (Phi) is 8.24. The molecule has 2 fully saturated rings. The van der Waals surface area contributed by atoms with Gasteiger partial charge in [0, 0.05) is 77.8 Å². The fourth-order valence-corrected chi connectivity index (χ4v) is 4.58. The van der Waals surface area contributed by atoms with E-state index in [4.69, 9.17) is 20.6 Å². The van der Waals surface area contributed by atoms with Gasteiger partial charge in [-0.05, 0) is 18.2 Å². The van der Waals surface area contributed by atoms with Crippen LogP contribution >= 0.6 is 0 Å². The maximum atomic E-state index is 13.3. The minimum absolute atomic E-state index is 0.0756. The summed E-state index contributed by atoms with van der Waals surface area (Å²) in [6, 6.07) is 4.98. The number of amidine groups is 1. The topological polar surface area (TPSA) is 178 Å². The highest BCUT2D eigenvalue weighted by Gasteiger charge is 2.31. The zero-order valence-electron chi connectivity index (χ0n) is 24.2. The average Bonchev–Trinajstić information content (AvgIpc) is 3.79. The van der Waals surface area contributed by atoms with Gasteiger partial charge in [-0.1, -0.05) is 0 Å². The van der Waals surface area contributed by atoms with Crippen molar-refractivity contribution in [3.63, 3.8) is 0 Å². The Balaban J connectivity index is 1.22. The Morgan fingerprint density at radius 3 is 1.72 bits per heavy atom. The highest BCUT2D eigenvalue weighted by atomic mass is 16.6. The van der Waals surface area contributed by atoms with Gasteiger partial charge in [-0.3, -0.25) is 28.9 Å². The van der Waals surface area contributed by atoms with E-state index in [-0.39, 0.29) is 30.5 Å². The van der Waals surface area contributed by atoms with Crippen LogP contribution in [0.15, 0.2) is 55.4 Å². The minimum atomic E-state index is -0.903. The number of nitriles is 1.